The third kappa shape index (κ3) is 5.34. The lowest BCUT2D eigenvalue weighted by atomic mass is 10.1. The second kappa shape index (κ2) is 8.58. The van der Waals surface area contributed by atoms with E-state index in [4.69, 9.17) is 10.5 Å². The second-order valence-electron chi connectivity index (χ2n) is 4.35. The van der Waals surface area contributed by atoms with Crippen LogP contribution in [0.1, 0.15) is 18.4 Å². The first-order valence-electron chi connectivity index (χ1n) is 6.33. The number of nitro benzene ring substituents is 1. The smallest absolute Gasteiger partial charge is 0.273 e. The molecule has 0 saturated carbocycles. The SMILES string of the molecule is COCC(CCCN)NCc1ccccc1[N+](=O)[O-]. The average molecular weight is 267 g/mol. The van der Waals surface area contributed by atoms with Crippen molar-refractivity contribution >= 4 is 5.69 Å². The fourth-order valence-corrected chi connectivity index (χ4v) is 1.90. The molecule has 0 amide bonds. The van der Waals surface area contributed by atoms with Gasteiger partial charge in [-0.25, -0.2) is 0 Å². The van der Waals surface area contributed by atoms with Crippen molar-refractivity contribution < 1.29 is 9.66 Å². The third-order valence-corrected chi connectivity index (χ3v) is 2.89. The van der Waals surface area contributed by atoms with Crippen molar-refractivity contribution in [3.05, 3.63) is 39.9 Å². The molecule has 1 atom stereocenters. The van der Waals surface area contributed by atoms with E-state index in [9.17, 15) is 10.1 Å². The average Bonchev–Trinajstić information content (AvgIpc) is 2.42. The number of nitro groups is 1. The lowest BCUT2D eigenvalue weighted by Gasteiger charge is -2.17. The van der Waals surface area contributed by atoms with Gasteiger partial charge in [0.2, 0.25) is 0 Å². The van der Waals surface area contributed by atoms with E-state index in [1.165, 1.54) is 6.07 Å². The Morgan fingerprint density at radius 3 is 2.84 bits per heavy atom. The molecule has 0 fully saturated rings. The van der Waals surface area contributed by atoms with Gasteiger partial charge in [0.05, 0.1) is 11.5 Å². The summed E-state index contributed by atoms with van der Waals surface area (Å²) in [6.07, 6.45) is 1.79. The topological polar surface area (TPSA) is 90.4 Å². The number of nitrogens with two attached hydrogens (primary N) is 1. The largest absolute Gasteiger partial charge is 0.383 e. The minimum atomic E-state index is -0.359. The summed E-state index contributed by atoms with van der Waals surface area (Å²) in [5, 5.41) is 14.2. The van der Waals surface area contributed by atoms with Crippen LogP contribution in [-0.4, -0.2) is 31.2 Å². The van der Waals surface area contributed by atoms with Gasteiger partial charge >= 0.3 is 0 Å². The molecule has 6 heteroatoms. The van der Waals surface area contributed by atoms with Crippen molar-refractivity contribution in [3.8, 4) is 0 Å². The first-order chi connectivity index (χ1) is 9.19. The number of rotatable bonds is 9. The molecule has 1 unspecified atom stereocenters. The summed E-state index contributed by atoms with van der Waals surface area (Å²) < 4.78 is 5.13. The highest BCUT2D eigenvalue weighted by atomic mass is 16.6. The van der Waals surface area contributed by atoms with Crippen LogP contribution in [0.4, 0.5) is 5.69 Å². The molecule has 0 aliphatic carbocycles. The molecule has 1 aromatic rings. The Labute approximate surface area is 113 Å². The van der Waals surface area contributed by atoms with Crippen LogP contribution in [0.15, 0.2) is 24.3 Å². The van der Waals surface area contributed by atoms with Crippen molar-refractivity contribution in [2.75, 3.05) is 20.3 Å². The van der Waals surface area contributed by atoms with E-state index in [0.29, 0.717) is 25.3 Å². The van der Waals surface area contributed by atoms with E-state index in [2.05, 4.69) is 5.32 Å². The van der Waals surface area contributed by atoms with Crippen LogP contribution in [0.5, 0.6) is 0 Å². The summed E-state index contributed by atoms with van der Waals surface area (Å²) in [5.74, 6) is 0. The maximum atomic E-state index is 10.9. The number of ether oxygens (including phenoxy) is 1. The Bertz CT molecular complexity index is 398. The van der Waals surface area contributed by atoms with Crippen LogP contribution >= 0.6 is 0 Å². The zero-order valence-electron chi connectivity index (χ0n) is 11.2. The number of benzene rings is 1. The highest BCUT2D eigenvalue weighted by Crippen LogP contribution is 2.17. The van der Waals surface area contributed by atoms with E-state index in [1.807, 2.05) is 0 Å². The molecule has 0 aliphatic heterocycles. The van der Waals surface area contributed by atoms with Gasteiger partial charge in [0.15, 0.2) is 0 Å². The monoisotopic (exact) mass is 267 g/mol. The molecule has 19 heavy (non-hydrogen) atoms. The number of nitrogens with one attached hydrogen (secondary N) is 1. The number of hydrogen-bond acceptors (Lipinski definition) is 5. The lowest BCUT2D eigenvalue weighted by Crippen LogP contribution is -2.33. The van der Waals surface area contributed by atoms with E-state index in [1.54, 1.807) is 25.3 Å². The molecule has 3 N–H and O–H groups in total. The second-order valence-corrected chi connectivity index (χ2v) is 4.35. The molecule has 1 aromatic carbocycles. The predicted octanol–water partition coefficient (Wildman–Crippen LogP) is 1.44. The Kier molecular flexibility index (Phi) is 7.02. The van der Waals surface area contributed by atoms with Crippen LogP contribution in [0.25, 0.3) is 0 Å². The van der Waals surface area contributed by atoms with Gasteiger partial charge < -0.3 is 15.8 Å². The molecule has 0 aromatic heterocycles. The molecule has 0 aliphatic rings. The van der Waals surface area contributed by atoms with Crippen LogP contribution < -0.4 is 11.1 Å². The zero-order valence-corrected chi connectivity index (χ0v) is 11.2. The molecule has 0 saturated heterocycles. The molecule has 0 heterocycles. The molecule has 1 rings (SSSR count). The van der Waals surface area contributed by atoms with Gasteiger partial charge in [0, 0.05) is 31.3 Å². The summed E-state index contributed by atoms with van der Waals surface area (Å²) >= 11 is 0. The van der Waals surface area contributed by atoms with Gasteiger partial charge in [-0.2, -0.15) is 0 Å². The van der Waals surface area contributed by atoms with Crippen LogP contribution in [0.2, 0.25) is 0 Å². The molecular formula is C13H21N3O3. The molecule has 0 bridgehead atoms. The first kappa shape index (κ1) is 15.6. The number of nitrogens with zero attached hydrogens (tertiary/aromatic N) is 1. The fraction of sp³-hybridized carbons (Fsp3) is 0.538. The summed E-state index contributed by atoms with van der Waals surface area (Å²) in [7, 11) is 1.64. The molecule has 6 nitrogen and oxygen atoms in total. The first-order valence-corrected chi connectivity index (χ1v) is 6.33. The van der Waals surface area contributed by atoms with E-state index < -0.39 is 0 Å². The van der Waals surface area contributed by atoms with Gasteiger partial charge in [-0.1, -0.05) is 18.2 Å². The van der Waals surface area contributed by atoms with Crippen molar-refractivity contribution in [2.24, 2.45) is 5.73 Å². The molecular weight excluding hydrogens is 246 g/mol. The standard InChI is InChI=1S/C13H21N3O3/c1-19-10-12(6-4-8-14)15-9-11-5-2-3-7-13(11)16(17)18/h2-3,5,7,12,15H,4,6,8-10,14H2,1H3. The van der Waals surface area contributed by atoms with Crippen molar-refractivity contribution in [1.82, 2.24) is 5.32 Å². The fourth-order valence-electron chi connectivity index (χ4n) is 1.90. The highest BCUT2D eigenvalue weighted by molar-refractivity contribution is 5.39. The predicted molar refractivity (Wildman–Crippen MR) is 73.9 cm³/mol. The minimum Gasteiger partial charge on any atom is -0.383 e. The summed E-state index contributed by atoms with van der Waals surface area (Å²) in [6.45, 7) is 1.66. The summed E-state index contributed by atoms with van der Waals surface area (Å²) in [6, 6.07) is 6.91. The van der Waals surface area contributed by atoms with Crippen LogP contribution in [-0.2, 0) is 11.3 Å². The van der Waals surface area contributed by atoms with Crippen molar-refractivity contribution in [2.45, 2.75) is 25.4 Å². The van der Waals surface area contributed by atoms with Crippen molar-refractivity contribution in [1.29, 1.82) is 0 Å². The summed E-state index contributed by atoms with van der Waals surface area (Å²) in [4.78, 5) is 10.5. The van der Waals surface area contributed by atoms with Gasteiger partial charge in [-0.05, 0) is 19.4 Å². The van der Waals surface area contributed by atoms with E-state index in [-0.39, 0.29) is 16.7 Å². The third-order valence-electron chi connectivity index (χ3n) is 2.89. The maximum Gasteiger partial charge on any atom is 0.273 e. The number of methoxy groups -OCH3 is 1. The lowest BCUT2D eigenvalue weighted by molar-refractivity contribution is -0.385. The zero-order chi connectivity index (χ0) is 14.1. The van der Waals surface area contributed by atoms with Gasteiger partial charge in [0.25, 0.3) is 5.69 Å². The van der Waals surface area contributed by atoms with Crippen molar-refractivity contribution in [3.63, 3.8) is 0 Å². The molecule has 106 valence electrons. The number of para-hydroxylation sites is 1. The van der Waals surface area contributed by atoms with E-state index >= 15 is 0 Å². The Balaban J connectivity index is 2.60. The molecule has 0 radical (unpaired) electrons. The molecule has 0 spiro atoms. The Morgan fingerprint density at radius 1 is 1.47 bits per heavy atom. The maximum absolute atomic E-state index is 10.9. The number of hydrogen-bond donors (Lipinski definition) is 2. The normalized spacial score (nSPS) is 12.3. The van der Waals surface area contributed by atoms with Crippen LogP contribution in [0.3, 0.4) is 0 Å². The Hall–Kier alpha value is -1.50. The highest BCUT2D eigenvalue weighted by Gasteiger charge is 2.14. The Morgan fingerprint density at radius 2 is 2.21 bits per heavy atom. The van der Waals surface area contributed by atoms with Gasteiger partial charge in [-0.15, -0.1) is 0 Å². The van der Waals surface area contributed by atoms with E-state index in [0.717, 1.165) is 12.8 Å². The van der Waals surface area contributed by atoms with Gasteiger partial charge in [-0.3, -0.25) is 10.1 Å². The van der Waals surface area contributed by atoms with Crippen LogP contribution in [0, 0.1) is 10.1 Å². The summed E-state index contributed by atoms with van der Waals surface area (Å²) in [5.41, 5.74) is 6.31. The van der Waals surface area contributed by atoms with Gasteiger partial charge in [0.1, 0.15) is 0 Å². The minimum absolute atomic E-state index is 0.144. The quantitative estimate of drug-likeness (QED) is 0.522.